The fourth-order valence-electron chi connectivity index (χ4n) is 1.08. The summed E-state index contributed by atoms with van der Waals surface area (Å²) < 4.78 is 0. The lowest BCUT2D eigenvalue weighted by Crippen LogP contribution is -2.06. The van der Waals surface area contributed by atoms with Crippen LogP contribution >= 0.6 is 11.6 Å². The molecule has 0 aliphatic heterocycles. The minimum Gasteiger partial charge on any atom is -0.351 e. The number of hydrogen-bond donors (Lipinski definition) is 1. The van der Waals surface area contributed by atoms with Gasteiger partial charge in [0.1, 0.15) is 0 Å². The summed E-state index contributed by atoms with van der Waals surface area (Å²) in [6.07, 6.45) is 4.42. The summed E-state index contributed by atoms with van der Waals surface area (Å²) in [5.41, 5.74) is 0. The van der Waals surface area contributed by atoms with E-state index >= 15 is 0 Å². The van der Waals surface area contributed by atoms with Gasteiger partial charge < -0.3 is 5.32 Å². The zero-order valence-electron chi connectivity index (χ0n) is 6.79. The molecule has 2 atom stereocenters. The van der Waals surface area contributed by atoms with Crippen LogP contribution in [0.3, 0.4) is 0 Å². The van der Waals surface area contributed by atoms with Crippen LogP contribution in [0.1, 0.15) is 13.3 Å². The zero-order chi connectivity index (χ0) is 8.55. The molecule has 0 bridgehead atoms. The second-order valence-corrected chi connectivity index (χ2v) is 3.63. The van der Waals surface area contributed by atoms with E-state index in [0.29, 0.717) is 17.0 Å². The van der Waals surface area contributed by atoms with Crippen molar-refractivity contribution < 1.29 is 0 Å². The van der Waals surface area contributed by atoms with Gasteiger partial charge in [0.15, 0.2) is 0 Å². The van der Waals surface area contributed by atoms with Crippen molar-refractivity contribution in [1.29, 1.82) is 0 Å². The predicted octanol–water partition coefficient (Wildman–Crippen LogP) is 1.95. The van der Waals surface area contributed by atoms with Crippen LogP contribution in [0, 0.1) is 5.92 Å². The van der Waals surface area contributed by atoms with Crippen LogP contribution in [0.5, 0.6) is 0 Å². The second-order valence-electron chi connectivity index (χ2n) is 3.19. The Kier molecular flexibility index (Phi) is 1.89. The number of anilines is 1. The van der Waals surface area contributed by atoms with Crippen molar-refractivity contribution in [3.8, 4) is 0 Å². The molecular weight excluding hydrogens is 174 g/mol. The summed E-state index contributed by atoms with van der Waals surface area (Å²) in [6, 6.07) is 0.561. The van der Waals surface area contributed by atoms with Gasteiger partial charge in [0.25, 0.3) is 0 Å². The standard InChI is InChI=1S/C8H10ClN3/c1-5-2-7(5)12-8-10-3-6(9)4-11-8/h3-5,7H,2H2,1H3,(H,10,11,12)/t5-,7-/m1/s1. The van der Waals surface area contributed by atoms with Crippen LogP contribution in [0.25, 0.3) is 0 Å². The molecule has 64 valence electrons. The summed E-state index contributed by atoms with van der Waals surface area (Å²) in [5.74, 6) is 1.43. The van der Waals surface area contributed by atoms with E-state index in [0.717, 1.165) is 5.92 Å². The van der Waals surface area contributed by atoms with Crippen molar-refractivity contribution in [3.05, 3.63) is 17.4 Å². The topological polar surface area (TPSA) is 37.8 Å². The Balaban J connectivity index is 2.00. The third-order valence-electron chi connectivity index (χ3n) is 2.04. The minimum absolute atomic E-state index is 0.561. The molecule has 0 spiro atoms. The Bertz CT molecular complexity index is 272. The number of nitrogens with one attached hydrogen (secondary N) is 1. The van der Waals surface area contributed by atoms with Crippen LogP contribution < -0.4 is 5.32 Å². The minimum atomic E-state index is 0.561. The molecule has 1 aliphatic rings. The van der Waals surface area contributed by atoms with Gasteiger partial charge in [-0.2, -0.15) is 0 Å². The summed E-state index contributed by atoms with van der Waals surface area (Å²) >= 11 is 5.64. The summed E-state index contributed by atoms with van der Waals surface area (Å²) in [5, 5.41) is 3.79. The molecule has 1 aromatic rings. The molecule has 1 saturated carbocycles. The maximum Gasteiger partial charge on any atom is 0.222 e. The lowest BCUT2D eigenvalue weighted by Gasteiger charge is -2.00. The molecule has 4 heteroatoms. The quantitative estimate of drug-likeness (QED) is 0.762. The molecule has 1 aromatic heterocycles. The van der Waals surface area contributed by atoms with Crippen LogP contribution in [0.15, 0.2) is 12.4 Å². The van der Waals surface area contributed by atoms with E-state index in [1.807, 2.05) is 0 Å². The van der Waals surface area contributed by atoms with Gasteiger partial charge in [0, 0.05) is 6.04 Å². The van der Waals surface area contributed by atoms with E-state index < -0.39 is 0 Å². The first kappa shape index (κ1) is 7.80. The van der Waals surface area contributed by atoms with Gasteiger partial charge >= 0.3 is 0 Å². The average molecular weight is 184 g/mol. The van der Waals surface area contributed by atoms with Crippen LogP contribution in [-0.2, 0) is 0 Å². The van der Waals surface area contributed by atoms with E-state index in [-0.39, 0.29) is 0 Å². The molecule has 12 heavy (non-hydrogen) atoms. The first-order valence-corrected chi connectivity index (χ1v) is 4.37. The number of nitrogens with zero attached hydrogens (tertiary/aromatic N) is 2. The van der Waals surface area contributed by atoms with Crippen LogP contribution in [0.4, 0.5) is 5.95 Å². The van der Waals surface area contributed by atoms with Gasteiger partial charge in [-0.3, -0.25) is 0 Å². The highest BCUT2D eigenvalue weighted by Gasteiger charge is 2.32. The number of halogens is 1. The zero-order valence-corrected chi connectivity index (χ0v) is 7.54. The van der Waals surface area contributed by atoms with Crippen molar-refractivity contribution in [2.45, 2.75) is 19.4 Å². The fourth-order valence-corrected chi connectivity index (χ4v) is 1.17. The van der Waals surface area contributed by atoms with Gasteiger partial charge in [0.05, 0.1) is 17.4 Å². The van der Waals surface area contributed by atoms with Crippen molar-refractivity contribution in [1.82, 2.24) is 9.97 Å². The largest absolute Gasteiger partial charge is 0.351 e. The molecule has 1 N–H and O–H groups in total. The maximum atomic E-state index is 5.64. The number of aromatic nitrogens is 2. The first-order chi connectivity index (χ1) is 5.75. The lowest BCUT2D eigenvalue weighted by atomic mass is 10.5. The van der Waals surface area contributed by atoms with Gasteiger partial charge in [-0.15, -0.1) is 0 Å². The van der Waals surface area contributed by atoms with E-state index in [4.69, 9.17) is 11.6 Å². The van der Waals surface area contributed by atoms with E-state index in [2.05, 4.69) is 22.2 Å². The number of rotatable bonds is 2. The normalized spacial score (nSPS) is 26.8. The Morgan fingerprint density at radius 3 is 2.58 bits per heavy atom. The molecular formula is C8H10ClN3. The SMILES string of the molecule is C[C@@H]1C[C@H]1Nc1ncc(Cl)cn1. The van der Waals surface area contributed by atoms with Crippen LogP contribution in [-0.4, -0.2) is 16.0 Å². The van der Waals surface area contributed by atoms with E-state index in [9.17, 15) is 0 Å². The highest BCUT2D eigenvalue weighted by atomic mass is 35.5. The van der Waals surface area contributed by atoms with Crippen molar-refractivity contribution in [2.75, 3.05) is 5.32 Å². The van der Waals surface area contributed by atoms with E-state index in [1.54, 1.807) is 12.4 Å². The fraction of sp³-hybridized carbons (Fsp3) is 0.500. The Morgan fingerprint density at radius 2 is 2.08 bits per heavy atom. The predicted molar refractivity (Wildman–Crippen MR) is 48.2 cm³/mol. The van der Waals surface area contributed by atoms with Crippen LogP contribution in [0.2, 0.25) is 5.02 Å². The molecule has 0 radical (unpaired) electrons. The summed E-state index contributed by atoms with van der Waals surface area (Å²) in [4.78, 5) is 8.08. The van der Waals surface area contributed by atoms with Gasteiger partial charge in [0.2, 0.25) is 5.95 Å². The highest BCUT2D eigenvalue weighted by molar-refractivity contribution is 6.30. The van der Waals surface area contributed by atoms with Gasteiger partial charge in [-0.1, -0.05) is 18.5 Å². The van der Waals surface area contributed by atoms with Gasteiger partial charge in [-0.25, -0.2) is 9.97 Å². The highest BCUT2D eigenvalue weighted by Crippen LogP contribution is 2.31. The monoisotopic (exact) mass is 183 g/mol. The molecule has 0 aromatic carbocycles. The average Bonchev–Trinajstić information content (AvgIpc) is 2.72. The molecule has 1 heterocycles. The molecule has 3 nitrogen and oxygen atoms in total. The molecule has 1 aliphatic carbocycles. The molecule has 0 unspecified atom stereocenters. The third kappa shape index (κ3) is 1.67. The molecule has 1 fully saturated rings. The molecule has 0 amide bonds. The molecule has 2 rings (SSSR count). The second kappa shape index (κ2) is 2.90. The van der Waals surface area contributed by atoms with Gasteiger partial charge in [-0.05, 0) is 12.3 Å². The van der Waals surface area contributed by atoms with Crippen molar-refractivity contribution >= 4 is 17.5 Å². The Morgan fingerprint density at radius 1 is 1.50 bits per heavy atom. The maximum absolute atomic E-state index is 5.64. The number of hydrogen-bond acceptors (Lipinski definition) is 3. The summed E-state index contributed by atoms with van der Waals surface area (Å²) in [7, 11) is 0. The molecule has 0 saturated heterocycles. The first-order valence-electron chi connectivity index (χ1n) is 4.00. The Labute approximate surface area is 76.2 Å². The van der Waals surface area contributed by atoms with E-state index in [1.165, 1.54) is 6.42 Å². The smallest absolute Gasteiger partial charge is 0.222 e. The third-order valence-corrected chi connectivity index (χ3v) is 2.24. The summed E-state index contributed by atoms with van der Waals surface area (Å²) in [6.45, 7) is 2.20. The van der Waals surface area contributed by atoms with Crippen molar-refractivity contribution in [3.63, 3.8) is 0 Å². The lowest BCUT2D eigenvalue weighted by molar-refractivity contribution is 0.914. The Hall–Kier alpha value is -0.830. The van der Waals surface area contributed by atoms with Crippen molar-refractivity contribution in [2.24, 2.45) is 5.92 Å².